The third kappa shape index (κ3) is 16.8. The van der Waals surface area contributed by atoms with Crippen LogP contribution < -0.4 is 0 Å². The monoisotopic (exact) mass is 290 g/mol. The van der Waals surface area contributed by atoms with Gasteiger partial charge >= 0.3 is 0 Å². The Morgan fingerprint density at radius 2 is 1.80 bits per heavy atom. The molecule has 6 heteroatoms. The van der Waals surface area contributed by atoms with Gasteiger partial charge in [-0.05, 0) is 39.8 Å². The van der Waals surface area contributed by atoms with Gasteiger partial charge in [0.2, 0.25) is 0 Å². The molecule has 0 spiro atoms. The van der Waals surface area contributed by atoms with E-state index < -0.39 is 6.10 Å². The van der Waals surface area contributed by atoms with Crippen LogP contribution in [0, 0.1) is 0 Å². The van der Waals surface area contributed by atoms with E-state index in [0.717, 1.165) is 13.2 Å². The van der Waals surface area contributed by atoms with Gasteiger partial charge in [0.15, 0.2) is 18.3 Å². The van der Waals surface area contributed by atoms with Crippen molar-refractivity contribution in [2.75, 3.05) is 19.8 Å². The second kappa shape index (κ2) is 15.8. The highest BCUT2D eigenvalue weighted by Crippen LogP contribution is 1.92. The minimum absolute atomic E-state index is 0.0370. The molecule has 0 aromatic carbocycles. The van der Waals surface area contributed by atoms with Crippen molar-refractivity contribution in [2.45, 2.75) is 40.1 Å². The standard InChI is InChI=1S/C6H14O2.C5H4O2.C3H8O2/c1-4-7-6(3)8-5-2;6-4-5-2-1-3-7-5;1-3(5)2-4/h6H,4-5H2,1-3H3;1-4H;3-5H,2H2,1H3. The molecular weight excluding hydrogens is 264 g/mol. The lowest BCUT2D eigenvalue weighted by Gasteiger charge is -2.09. The van der Waals surface area contributed by atoms with Gasteiger partial charge in [0.1, 0.15) is 0 Å². The highest BCUT2D eigenvalue weighted by molar-refractivity contribution is 5.69. The molecule has 0 aliphatic rings. The molecule has 0 aliphatic carbocycles. The molecular formula is C14H26O6. The number of rotatable bonds is 6. The van der Waals surface area contributed by atoms with E-state index >= 15 is 0 Å². The fraction of sp³-hybridized carbons (Fsp3) is 0.643. The van der Waals surface area contributed by atoms with Gasteiger partial charge in [0, 0.05) is 13.2 Å². The van der Waals surface area contributed by atoms with Gasteiger partial charge in [-0.2, -0.15) is 0 Å². The van der Waals surface area contributed by atoms with Crippen molar-refractivity contribution < 1.29 is 28.9 Å². The van der Waals surface area contributed by atoms with Crippen LogP contribution in [0.15, 0.2) is 22.8 Å². The molecule has 20 heavy (non-hydrogen) atoms. The molecule has 0 amide bonds. The van der Waals surface area contributed by atoms with Gasteiger partial charge in [-0.3, -0.25) is 4.79 Å². The second-order valence-electron chi connectivity index (χ2n) is 3.64. The van der Waals surface area contributed by atoms with Crippen LogP contribution in [0.5, 0.6) is 0 Å². The molecule has 1 aromatic rings. The number of furan rings is 1. The average Bonchev–Trinajstić information content (AvgIpc) is 2.94. The van der Waals surface area contributed by atoms with E-state index in [1.807, 2.05) is 20.8 Å². The van der Waals surface area contributed by atoms with Crippen LogP contribution in [-0.2, 0) is 9.47 Å². The topological polar surface area (TPSA) is 89.1 Å². The minimum atomic E-state index is -0.560. The SMILES string of the molecule is CC(O)CO.CCOC(C)OCC.O=Cc1ccco1. The van der Waals surface area contributed by atoms with Crippen molar-refractivity contribution >= 4 is 6.29 Å². The van der Waals surface area contributed by atoms with E-state index in [1.54, 1.807) is 12.1 Å². The van der Waals surface area contributed by atoms with Crippen molar-refractivity contribution in [1.29, 1.82) is 0 Å². The van der Waals surface area contributed by atoms with Gasteiger partial charge in [-0.1, -0.05) is 0 Å². The lowest BCUT2D eigenvalue weighted by molar-refractivity contribution is -0.123. The highest BCUT2D eigenvalue weighted by atomic mass is 16.7. The molecule has 1 atom stereocenters. The van der Waals surface area contributed by atoms with Crippen LogP contribution in [0.4, 0.5) is 0 Å². The number of hydrogen-bond donors (Lipinski definition) is 2. The summed E-state index contributed by atoms with van der Waals surface area (Å²) in [5.74, 6) is 0.375. The molecule has 0 radical (unpaired) electrons. The van der Waals surface area contributed by atoms with Gasteiger partial charge in [-0.25, -0.2) is 0 Å². The van der Waals surface area contributed by atoms with Crippen LogP contribution in [0.3, 0.4) is 0 Å². The van der Waals surface area contributed by atoms with Gasteiger partial charge in [0.25, 0.3) is 0 Å². The zero-order valence-electron chi connectivity index (χ0n) is 12.6. The zero-order chi connectivity index (χ0) is 15.8. The lowest BCUT2D eigenvalue weighted by Crippen LogP contribution is -2.11. The molecule has 118 valence electrons. The van der Waals surface area contributed by atoms with E-state index in [2.05, 4.69) is 4.42 Å². The predicted molar refractivity (Wildman–Crippen MR) is 75.6 cm³/mol. The molecule has 1 unspecified atom stereocenters. The average molecular weight is 290 g/mol. The number of aliphatic hydroxyl groups is 2. The molecule has 1 rings (SSSR count). The van der Waals surface area contributed by atoms with E-state index in [-0.39, 0.29) is 12.9 Å². The summed E-state index contributed by atoms with van der Waals surface area (Å²) < 4.78 is 14.7. The van der Waals surface area contributed by atoms with Crippen molar-refractivity contribution in [3.05, 3.63) is 24.2 Å². The molecule has 0 saturated carbocycles. The lowest BCUT2D eigenvalue weighted by atomic mass is 10.5. The van der Waals surface area contributed by atoms with Gasteiger partial charge in [0.05, 0.1) is 19.0 Å². The Balaban J connectivity index is 0. The summed E-state index contributed by atoms with van der Waals surface area (Å²) in [6.45, 7) is 8.64. The van der Waals surface area contributed by atoms with Crippen LogP contribution >= 0.6 is 0 Å². The van der Waals surface area contributed by atoms with E-state index in [4.69, 9.17) is 19.7 Å². The van der Waals surface area contributed by atoms with Crippen molar-refractivity contribution in [1.82, 2.24) is 0 Å². The number of hydrogen-bond acceptors (Lipinski definition) is 6. The normalized spacial score (nSPS) is 10.9. The molecule has 0 fully saturated rings. The Morgan fingerprint density at radius 3 is 2.00 bits per heavy atom. The van der Waals surface area contributed by atoms with Crippen LogP contribution in [0.2, 0.25) is 0 Å². The summed E-state index contributed by atoms with van der Waals surface area (Å²) in [4.78, 5) is 9.77. The first-order chi connectivity index (χ1) is 9.51. The molecule has 0 bridgehead atoms. The summed E-state index contributed by atoms with van der Waals surface area (Å²) in [5, 5.41) is 16.0. The first kappa shape index (κ1) is 21.1. The molecule has 0 aliphatic heterocycles. The Bertz CT molecular complexity index is 278. The van der Waals surface area contributed by atoms with Crippen molar-refractivity contribution in [2.24, 2.45) is 0 Å². The Kier molecular flexibility index (Phi) is 16.7. The Labute approximate surface area is 120 Å². The van der Waals surface area contributed by atoms with E-state index in [1.165, 1.54) is 13.2 Å². The Morgan fingerprint density at radius 1 is 1.30 bits per heavy atom. The van der Waals surface area contributed by atoms with Crippen LogP contribution in [-0.4, -0.2) is 48.7 Å². The maximum Gasteiger partial charge on any atom is 0.185 e. The summed E-state index contributed by atoms with van der Waals surface area (Å²) in [6.07, 6.45) is 1.53. The van der Waals surface area contributed by atoms with Gasteiger partial charge < -0.3 is 24.1 Å². The molecule has 0 saturated heterocycles. The summed E-state index contributed by atoms with van der Waals surface area (Å²) in [7, 11) is 0. The number of aliphatic hydroxyl groups excluding tert-OH is 2. The summed E-state index contributed by atoms with van der Waals surface area (Å²) >= 11 is 0. The highest BCUT2D eigenvalue weighted by Gasteiger charge is 1.94. The molecule has 1 heterocycles. The van der Waals surface area contributed by atoms with Crippen LogP contribution in [0.1, 0.15) is 38.2 Å². The predicted octanol–water partition coefficient (Wildman–Crippen LogP) is 1.86. The van der Waals surface area contributed by atoms with Gasteiger partial charge in [-0.15, -0.1) is 0 Å². The molecule has 2 N–H and O–H groups in total. The van der Waals surface area contributed by atoms with Crippen LogP contribution in [0.25, 0.3) is 0 Å². The third-order valence-electron chi connectivity index (χ3n) is 1.73. The van der Waals surface area contributed by atoms with E-state index in [0.29, 0.717) is 12.0 Å². The third-order valence-corrected chi connectivity index (χ3v) is 1.73. The molecule has 1 aromatic heterocycles. The number of carbonyl (C=O) groups is 1. The minimum Gasteiger partial charge on any atom is -0.462 e. The Hall–Kier alpha value is -1.21. The maximum atomic E-state index is 9.77. The fourth-order valence-electron chi connectivity index (χ4n) is 0.876. The molecule has 6 nitrogen and oxygen atoms in total. The quantitative estimate of drug-likeness (QED) is 0.614. The largest absolute Gasteiger partial charge is 0.462 e. The second-order valence-corrected chi connectivity index (χ2v) is 3.64. The van der Waals surface area contributed by atoms with Crippen molar-refractivity contribution in [3.8, 4) is 0 Å². The van der Waals surface area contributed by atoms with Crippen molar-refractivity contribution in [3.63, 3.8) is 0 Å². The summed E-state index contributed by atoms with van der Waals surface area (Å²) in [5.41, 5.74) is 0. The first-order valence-electron chi connectivity index (χ1n) is 6.52. The zero-order valence-corrected chi connectivity index (χ0v) is 12.6. The van der Waals surface area contributed by atoms with E-state index in [9.17, 15) is 4.79 Å². The summed E-state index contributed by atoms with van der Waals surface area (Å²) in [6, 6.07) is 3.27. The fourth-order valence-corrected chi connectivity index (χ4v) is 0.876. The number of ether oxygens (including phenoxy) is 2. The number of carbonyl (C=O) groups excluding carboxylic acids is 1. The smallest absolute Gasteiger partial charge is 0.185 e. The maximum absolute atomic E-state index is 9.77. The number of aldehydes is 1. The first-order valence-corrected chi connectivity index (χ1v) is 6.52.